The number of amides is 1. The molecule has 0 saturated carbocycles. The molecular weight excluding hydrogens is 432 g/mol. The minimum absolute atomic E-state index is 0.0175. The molecule has 5 rings (SSSR count). The molecule has 1 N–H and O–H groups in total. The number of nitrogens with zero attached hydrogens (tertiary/aromatic N) is 5. The van der Waals surface area contributed by atoms with Crippen LogP contribution in [0, 0.1) is 12.8 Å². The fraction of sp³-hybridized carbons (Fsp3) is 0.360. The van der Waals surface area contributed by atoms with Gasteiger partial charge in [-0.15, -0.1) is 0 Å². The summed E-state index contributed by atoms with van der Waals surface area (Å²) < 4.78 is 8.68. The molecular formula is C25H28N6O3. The Morgan fingerprint density at radius 1 is 1.15 bits per heavy atom. The van der Waals surface area contributed by atoms with E-state index in [0.29, 0.717) is 30.5 Å². The molecule has 3 heterocycles. The Hall–Kier alpha value is -3.72. The van der Waals surface area contributed by atoms with Crippen molar-refractivity contribution < 1.29 is 9.32 Å². The molecule has 4 aromatic rings. The molecule has 0 bridgehead atoms. The van der Waals surface area contributed by atoms with Crippen LogP contribution in [0.4, 0.5) is 5.69 Å². The van der Waals surface area contributed by atoms with Crippen molar-refractivity contribution in [1.29, 1.82) is 0 Å². The number of aromatic nitrogens is 4. The van der Waals surface area contributed by atoms with Crippen LogP contribution < -0.4 is 11.0 Å². The Labute approximate surface area is 197 Å². The highest BCUT2D eigenvalue weighted by atomic mass is 16.5. The molecule has 34 heavy (non-hydrogen) atoms. The molecule has 1 unspecified atom stereocenters. The Balaban J connectivity index is 1.24. The maximum atomic E-state index is 13.0. The number of likely N-dealkylation sites (tertiary alicyclic amines) is 1. The number of carbonyl (C=O) groups is 1. The molecule has 176 valence electrons. The van der Waals surface area contributed by atoms with Gasteiger partial charge >= 0.3 is 5.69 Å². The highest BCUT2D eigenvalue weighted by Gasteiger charge is 2.27. The molecule has 2 aromatic carbocycles. The number of carbonyl (C=O) groups excluding carboxylic acids is 1. The standard InChI is InChI=1S/C25H28N6O3/c1-16-7-4-5-9-19(16)23-27-22(34-28-23)15-31-12-6-8-17(14-31)24(32)26-18-10-11-20-21(13-18)30(3)25(33)29(20)2/h4-5,7,9-11,13,17H,6,8,12,14-15H2,1-3H3,(H,26,32). The molecule has 1 aliphatic heterocycles. The summed E-state index contributed by atoms with van der Waals surface area (Å²) in [5.74, 6) is 0.985. The van der Waals surface area contributed by atoms with Gasteiger partial charge in [0.1, 0.15) is 0 Å². The van der Waals surface area contributed by atoms with Crippen LogP contribution >= 0.6 is 0 Å². The number of anilines is 1. The van der Waals surface area contributed by atoms with E-state index in [1.165, 1.54) is 0 Å². The monoisotopic (exact) mass is 460 g/mol. The van der Waals surface area contributed by atoms with Gasteiger partial charge < -0.3 is 9.84 Å². The first-order valence-electron chi connectivity index (χ1n) is 11.5. The number of benzene rings is 2. The van der Waals surface area contributed by atoms with Gasteiger partial charge in [0.25, 0.3) is 0 Å². The molecule has 0 aliphatic carbocycles. The lowest BCUT2D eigenvalue weighted by molar-refractivity contribution is -0.121. The summed E-state index contributed by atoms with van der Waals surface area (Å²) in [5.41, 5.74) is 4.28. The van der Waals surface area contributed by atoms with E-state index in [0.717, 1.165) is 41.5 Å². The van der Waals surface area contributed by atoms with Crippen LogP contribution in [0.2, 0.25) is 0 Å². The minimum atomic E-state index is -0.136. The van der Waals surface area contributed by atoms with Crippen molar-refractivity contribution in [3.05, 3.63) is 64.4 Å². The molecule has 1 saturated heterocycles. The molecule has 1 aliphatic rings. The zero-order valence-electron chi connectivity index (χ0n) is 19.6. The lowest BCUT2D eigenvalue weighted by atomic mass is 9.97. The van der Waals surface area contributed by atoms with E-state index in [1.54, 1.807) is 23.2 Å². The van der Waals surface area contributed by atoms with Crippen molar-refractivity contribution in [3.63, 3.8) is 0 Å². The van der Waals surface area contributed by atoms with Crippen molar-refractivity contribution in [1.82, 2.24) is 24.2 Å². The van der Waals surface area contributed by atoms with Gasteiger partial charge in [-0.2, -0.15) is 4.98 Å². The van der Waals surface area contributed by atoms with Crippen LogP contribution in [-0.2, 0) is 25.4 Å². The lowest BCUT2D eigenvalue weighted by Crippen LogP contribution is -2.40. The highest BCUT2D eigenvalue weighted by molar-refractivity contribution is 5.94. The number of aryl methyl sites for hydroxylation is 3. The molecule has 9 nitrogen and oxygen atoms in total. The summed E-state index contributed by atoms with van der Waals surface area (Å²) in [6.45, 7) is 4.04. The average molecular weight is 461 g/mol. The van der Waals surface area contributed by atoms with Gasteiger partial charge in [-0.1, -0.05) is 29.4 Å². The van der Waals surface area contributed by atoms with E-state index in [-0.39, 0.29) is 17.5 Å². The predicted octanol–water partition coefficient (Wildman–Crippen LogP) is 3.09. The number of hydrogen-bond acceptors (Lipinski definition) is 6. The Morgan fingerprint density at radius 3 is 2.76 bits per heavy atom. The topological polar surface area (TPSA) is 98.2 Å². The first kappa shape index (κ1) is 22.1. The molecule has 1 atom stereocenters. The molecule has 9 heteroatoms. The van der Waals surface area contributed by atoms with E-state index < -0.39 is 0 Å². The average Bonchev–Trinajstić information content (AvgIpc) is 3.38. The van der Waals surface area contributed by atoms with Gasteiger partial charge in [0.05, 0.1) is 23.5 Å². The highest BCUT2D eigenvalue weighted by Crippen LogP contribution is 2.24. The van der Waals surface area contributed by atoms with Crippen LogP contribution in [0.3, 0.4) is 0 Å². The quantitative estimate of drug-likeness (QED) is 0.492. The number of piperidine rings is 1. The number of rotatable bonds is 5. The van der Waals surface area contributed by atoms with Crippen LogP contribution in [0.15, 0.2) is 51.8 Å². The largest absolute Gasteiger partial charge is 0.338 e. The lowest BCUT2D eigenvalue weighted by Gasteiger charge is -2.30. The normalized spacial score (nSPS) is 16.7. The van der Waals surface area contributed by atoms with Gasteiger partial charge in [-0.25, -0.2) is 4.79 Å². The van der Waals surface area contributed by atoms with Crippen molar-refractivity contribution in [2.24, 2.45) is 20.0 Å². The second-order valence-electron chi connectivity index (χ2n) is 8.99. The summed E-state index contributed by atoms with van der Waals surface area (Å²) in [7, 11) is 3.48. The third-order valence-corrected chi connectivity index (χ3v) is 6.63. The molecule has 0 radical (unpaired) electrons. The van der Waals surface area contributed by atoms with Crippen LogP contribution in [-0.4, -0.2) is 43.2 Å². The van der Waals surface area contributed by atoms with Crippen molar-refractivity contribution in [3.8, 4) is 11.4 Å². The van der Waals surface area contributed by atoms with E-state index in [9.17, 15) is 9.59 Å². The summed E-state index contributed by atoms with van der Waals surface area (Å²) >= 11 is 0. The summed E-state index contributed by atoms with van der Waals surface area (Å²) in [6.07, 6.45) is 1.75. The van der Waals surface area contributed by atoms with E-state index in [2.05, 4.69) is 20.4 Å². The smallest absolute Gasteiger partial charge is 0.328 e. The van der Waals surface area contributed by atoms with Gasteiger partial charge in [-0.3, -0.25) is 18.8 Å². The van der Waals surface area contributed by atoms with Crippen LogP contribution in [0.5, 0.6) is 0 Å². The SMILES string of the molecule is Cc1ccccc1-c1noc(CN2CCCC(C(=O)Nc3ccc4c(c3)n(C)c(=O)n4C)C2)n1. The Morgan fingerprint density at radius 2 is 1.94 bits per heavy atom. The first-order chi connectivity index (χ1) is 16.4. The summed E-state index contributed by atoms with van der Waals surface area (Å²) in [6, 6.07) is 13.5. The maximum absolute atomic E-state index is 13.0. The second kappa shape index (κ2) is 8.90. The van der Waals surface area contributed by atoms with Crippen LogP contribution in [0.1, 0.15) is 24.3 Å². The van der Waals surface area contributed by atoms with Gasteiger partial charge in [0.2, 0.25) is 17.6 Å². The Kier molecular flexibility index (Phi) is 5.79. The number of hydrogen-bond donors (Lipinski definition) is 1. The minimum Gasteiger partial charge on any atom is -0.338 e. The third kappa shape index (κ3) is 4.14. The maximum Gasteiger partial charge on any atom is 0.328 e. The van der Waals surface area contributed by atoms with E-state index >= 15 is 0 Å². The summed E-state index contributed by atoms with van der Waals surface area (Å²) in [4.78, 5) is 31.9. The van der Waals surface area contributed by atoms with Crippen molar-refractivity contribution in [2.75, 3.05) is 18.4 Å². The zero-order chi connectivity index (χ0) is 23.8. The summed E-state index contributed by atoms with van der Waals surface area (Å²) in [5, 5.41) is 7.18. The van der Waals surface area contributed by atoms with E-state index in [4.69, 9.17) is 4.52 Å². The number of nitrogens with one attached hydrogen (secondary N) is 1. The van der Waals surface area contributed by atoms with Gasteiger partial charge in [0, 0.05) is 31.9 Å². The molecule has 2 aromatic heterocycles. The van der Waals surface area contributed by atoms with E-state index in [1.807, 2.05) is 49.4 Å². The first-order valence-corrected chi connectivity index (χ1v) is 11.5. The number of fused-ring (bicyclic) bond motifs is 1. The van der Waals surface area contributed by atoms with Gasteiger partial charge in [0.15, 0.2) is 0 Å². The number of imidazole rings is 1. The third-order valence-electron chi connectivity index (χ3n) is 6.63. The fourth-order valence-electron chi connectivity index (χ4n) is 4.69. The Bertz CT molecular complexity index is 1420. The predicted molar refractivity (Wildman–Crippen MR) is 129 cm³/mol. The molecule has 1 fully saturated rings. The fourth-order valence-corrected chi connectivity index (χ4v) is 4.69. The van der Waals surface area contributed by atoms with Crippen molar-refractivity contribution >= 4 is 22.6 Å². The molecule has 0 spiro atoms. The zero-order valence-corrected chi connectivity index (χ0v) is 19.6. The molecule has 1 amide bonds. The van der Waals surface area contributed by atoms with Crippen LogP contribution in [0.25, 0.3) is 22.4 Å². The second-order valence-corrected chi connectivity index (χ2v) is 8.99. The van der Waals surface area contributed by atoms with Gasteiger partial charge in [-0.05, 0) is 50.1 Å². The van der Waals surface area contributed by atoms with Crippen molar-refractivity contribution in [2.45, 2.75) is 26.3 Å².